The SMILES string of the molecule is COc1ccccc1CC(=O)NCCCCCN. The molecular formula is C14H22N2O2. The maximum absolute atomic E-state index is 11.7. The first-order valence-corrected chi connectivity index (χ1v) is 6.36. The Hall–Kier alpha value is -1.55. The highest BCUT2D eigenvalue weighted by atomic mass is 16.5. The summed E-state index contributed by atoms with van der Waals surface area (Å²) in [6.07, 6.45) is 3.42. The molecule has 0 radical (unpaired) electrons. The van der Waals surface area contributed by atoms with E-state index in [1.165, 1.54) is 0 Å². The van der Waals surface area contributed by atoms with Gasteiger partial charge in [-0.25, -0.2) is 0 Å². The van der Waals surface area contributed by atoms with Crippen LogP contribution in [0.1, 0.15) is 24.8 Å². The molecular weight excluding hydrogens is 228 g/mol. The zero-order chi connectivity index (χ0) is 13.2. The Kier molecular flexibility index (Phi) is 6.87. The maximum atomic E-state index is 11.7. The summed E-state index contributed by atoms with van der Waals surface area (Å²) in [7, 11) is 1.61. The molecule has 1 amide bonds. The molecule has 1 aromatic carbocycles. The van der Waals surface area contributed by atoms with Crippen LogP contribution in [0.25, 0.3) is 0 Å². The topological polar surface area (TPSA) is 64.3 Å². The van der Waals surface area contributed by atoms with Crippen LogP contribution in [-0.4, -0.2) is 26.1 Å². The van der Waals surface area contributed by atoms with Gasteiger partial charge in [-0.15, -0.1) is 0 Å². The number of hydrogen-bond donors (Lipinski definition) is 2. The van der Waals surface area contributed by atoms with Gasteiger partial charge in [0, 0.05) is 12.1 Å². The molecule has 3 N–H and O–H groups in total. The highest BCUT2D eigenvalue weighted by Gasteiger charge is 2.07. The van der Waals surface area contributed by atoms with E-state index in [0.717, 1.165) is 37.1 Å². The van der Waals surface area contributed by atoms with Crippen LogP contribution >= 0.6 is 0 Å². The van der Waals surface area contributed by atoms with E-state index in [0.29, 0.717) is 13.0 Å². The lowest BCUT2D eigenvalue weighted by atomic mass is 10.1. The van der Waals surface area contributed by atoms with Gasteiger partial charge in [0.15, 0.2) is 0 Å². The van der Waals surface area contributed by atoms with Crippen molar-refractivity contribution in [3.8, 4) is 5.75 Å². The molecule has 0 aromatic heterocycles. The van der Waals surface area contributed by atoms with Crippen LogP contribution < -0.4 is 15.8 Å². The summed E-state index contributed by atoms with van der Waals surface area (Å²) in [4.78, 5) is 11.7. The molecule has 4 heteroatoms. The van der Waals surface area contributed by atoms with E-state index in [-0.39, 0.29) is 5.91 Å². The van der Waals surface area contributed by atoms with Gasteiger partial charge >= 0.3 is 0 Å². The van der Waals surface area contributed by atoms with Gasteiger partial charge in [-0.05, 0) is 25.5 Å². The fourth-order valence-electron chi connectivity index (χ4n) is 1.76. The summed E-state index contributed by atoms with van der Waals surface area (Å²) in [5, 5.41) is 2.91. The molecule has 4 nitrogen and oxygen atoms in total. The second-order valence-corrected chi connectivity index (χ2v) is 4.19. The number of hydrogen-bond acceptors (Lipinski definition) is 3. The highest BCUT2D eigenvalue weighted by molar-refractivity contribution is 5.79. The zero-order valence-electron chi connectivity index (χ0n) is 10.9. The third kappa shape index (κ3) is 5.19. The van der Waals surface area contributed by atoms with Crippen LogP contribution in [0.5, 0.6) is 5.75 Å². The number of carbonyl (C=O) groups is 1. The van der Waals surface area contributed by atoms with E-state index in [1.807, 2.05) is 24.3 Å². The summed E-state index contributed by atoms with van der Waals surface area (Å²) in [5.74, 6) is 0.794. The van der Waals surface area contributed by atoms with Crippen molar-refractivity contribution >= 4 is 5.91 Å². The lowest BCUT2D eigenvalue weighted by molar-refractivity contribution is -0.120. The molecule has 0 unspecified atom stereocenters. The van der Waals surface area contributed by atoms with Crippen LogP contribution in [0.15, 0.2) is 24.3 Å². The van der Waals surface area contributed by atoms with E-state index < -0.39 is 0 Å². The average Bonchev–Trinajstić information content (AvgIpc) is 2.39. The second kappa shape index (κ2) is 8.53. The fourth-order valence-corrected chi connectivity index (χ4v) is 1.76. The fraction of sp³-hybridized carbons (Fsp3) is 0.500. The smallest absolute Gasteiger partial charge is 0.224 e. The monoisotopic (exact) mass is 250 g/mol. The van der Waals surface area contributed by atoms with Gasteiger partial charge in [-0.3, -0.25) is 4.79 Å². The molecule has 0 atom stereocenters. The molecule has 1 aromatic rings. The lowest BCUT2D eigenvalue weighted by Crippen LogP contribution is -2.26. The quantitative estimate of drug-likeness (QED) is 0.687. The Morgan fingerprint density at radius 3 is 2.78 bits per heavy atom. The van der Waals surface area contributed by atoms with Crippen LogP contribution in [0.4, 0.5) is 0 Å². The first-order valence-electron chi connectivity index (χ1n) is 6.36. The predicted octanol–water partition coefficient (Wildman–Crippen LogP) is 1.48. The normalized spacial score (nSPS) is 10.1. The molecule has 0 saturated heterocycles. The van der Waals surface area contributed by atoms with Crippen LogP contribution in [0.3, 0.4) is 0 Å². The Labute approximate surface area is 109 Å². The molecule has 0 aliphatic carbocycles. The zero-order valence-corrected chi connectivity index (χ0v) is 10.9. The molecule has 0 saturated carbocycles. The largest absolute Gasteiger partial charge is 0.496 e. The third-order valence-electron chi connectivity index (χ3n) is 2.75. The Morgan fingerprint density at radius 1 is 1.28 bits per heavy atom. The Morgan fingerprint density at radius 2 is 2.06 bits per heavy atom. The molecule has 0 spiro atoms. The molecule has 0 fully saturated rings. The van der Waals surface area contributed by atoms with Crippen molar-refractivity contribution in [1.82, 2.24) is 5.32 Å². The van der Waals surface area contributed by atoms with Gasteiger partial charge in [0.05, 0.1) is 13.5 Å². The number of nitrogens with two attached hydrogens (primary N) is 1. The summed E-state index contributed by atoms with van der Waals surface area (Å²) in [6.45, 7) is 1.43. The lowest BCUT2D eigenvalue weighted by Gasteiger charge is -2.08. The van der Waals surface area contributed by atoms with Crippen molar-refractivity contribution in [1.29, 1.82) is 0 Å². The first kappa shape index (κ1) is 14.5. The number of methoxy groups -OCH3 is 1. The summed E-state index contributed by atoms with van der Waals surface area (Å²) >= 11 is 0. The summed E-state index contributed by atoms with van der Waals surface area (Å²) < 4.78 is 5.21. The van der Waals surface area contributed by atoms with Gasteiger partial charge in [0.2, 0.25) is 5.91 Å². The molecule has 0 aliphatic rings. The number of nitrogens with one attached hydrogen (secondary N) is 1. The second-order valence-electron chi connectivity index (χ2n) is 4.19. The number of rotatable bonds is 8. The van der Waals surface area contributed by atoms with Crippen molar-refractivity contribution in [2.75, 3.05) is 20.2 Å². The van der Waals surface area contributed by atoms with Crippen molar-refractivity contribution in [2.24, 2.45) is 5.73 Å². The average molecular weight is 250 g/mol. The van der Waals surface area contributed by atoms with Crippen molar-refractivity contribution in [3.05, 3.63) is 29.8 Å². The van der Waals surface area contributed by atoms with Crippen molar-refractivity contribution in [3.63, 3.8) is 0 Å². The minimum absolute atomic E-state index is 0.0345. The number of carbonyl (C=O) groups excluding carboxylic acids is 1. The van der Waals surface area contributed by atoms with E-state index in [9.17, 15) is 4.79 Å². The van der Waals surface area contributed by atoms with Gasteiger partial charge in [-0.2, -0.15) is 0 Å². The molecule has 1 rings (SSSR count). The van der Waals surface area contributed by atoms with E-state index >= 15 is 0 Å². The minimum atomic E-state index is 0.0345. The highest BCUT2D eigenvalue weighted by Crippen LogP contribution is 2.17. The number of ether oxygens (including phenoxy) is 1. The molecule has 0 heterocycles. The Balaban J connectivity index is 2.31. The molecule has 0 aliphatic heterocycles. The van der Waals surface area contributed by atoms with Gasteiger partial charge < -0.3 is 15.8 Å². The number of unbranched alkanes of at least 4 members (excludes halogenated alkanes) is 2. The number of benzene rings is 1. The summed E-state index contributed by atoms with van der Waals surface area (Å²) in [6, 6.07) is 7.58. The predicted molar refractivity (Wildman–Crippen MR) is 72.6 cm³/mol. The van der Waals surface area contributed by atoms with Gasteiger partial charge in [-0.1, -0.05) is 24.6 Å². The Bertz CT molecular complexity index is 367. The first-order chi connectivity index (χ1) is 8.77. The van der Waals surface area contributed by atoms with Gasteiger partial charge in [0.1, 0.15) is 5.75 Å². The van der Waals surface area contributed by atoms with Crippen LogP contribution in [0.2, 0.25) is 0 Å². The van der Waals surface area contributed by atoms with Crippen molar-refractivity contribution in [2.45, 2.75) is 25.7 Å². The standard InChI is InChI=1S/C14H22N2O2/c1-18-13-8-4-3-7-12(13)11-14(17)16-10-6-2-5-9-15/h3-4,7-8H,2,5-6,9-11,15H2,1H3,(H,16,17). The maximum Gasteiger partial charge on any atom is 0.224 e. The number of para-hydroxylation sites is 1. The van der Waals surface area contributed by atoms with Crippen molar-refractivity contribution < 1.29 is 9.53 Å². The molecule has 0 bridgehead atoms. The van der Waals surface area contributed by atoms with E-state index in [1.54, 1.807) is 7.11 Å². The molecule has 18 heavy (non-hydrogen) atoms. The third-order valence-corrected chi connectivity index (χ3v) is 2.75. The molecule has 100 valence electrons. The van der Waals surface area contributed by atoms with E-state index in [2.05, 4.69) is 5.32 Å². The van der Waals surface area contributed by atoms with Crippen LogP contribution in [-0.2, 0) is 11.2 Å². The summed E-state index contributed by atoms with van der Waals surface area (Å²) in [5.41, 5.74) is 6.32. The van der Waals surface area contributed by atoms with Crippen LogP contribution in [0, 0.1) is 0 Å². The van der Waals surface area contributed by atoms with Gasteiger partial charge in [0.25, 0.3) is 0 Å². The minimum Gasteiger partial charge on any atom is -0.496 e. The van der Waals surface area contributed by atoms with E-state index in [4.69, 9.17) is 10.5 Å². The number of amides is 1.